The minimum atomic E-state index is -0.357. The Kier molecular flexibility index (Phi) is 5.00. The third kappa shape index (κ3) is 3.99. The molecule has 2 N–H and O–H groups in total. The van der Waals surface area contributed by atoms with Gasteiger partial charge in [0.1, 0.15) is 0 Å². The Hall–Kier alpha value is -2.02. The zero-order valence-corrected chi connectivity index (χ0v) is 11.6. The molecule has 1 aliphatic heterocycles. The molecule has 0 unspecified atom stereocenters. The average Bonchev–Trinajstić information content (AvgIpc) is 2.86. The number of para-hydroxylation sites is 1. The molecule has 0 saturated carbocycles. The van der Waals surface area contributed by atoms with Crippen LogP contribution in [-0.4, -0.2) is 47.3 Å². The second-order valence-electron chi connectivity index (χ2n) is 4.18. The standard InChI is InChI=1S/C13H15N3O3S/c17-11(15-10-4-2-1-3-5-10)8-20-9-12(18)16-7-6-14-13(16)19/h1-5H,6-9H2,(H,14,19)(H,15,17). The van der Waals surface area contributed by atoms with Crippen LogP contribution in [0.4, 0.5) is 10.5 Å². The fourth-order valence-electron chi connectivity index (χ4n) is 1.74. The van der Waals surface area contributed by atoms with E-state index >= 15 is 0 Å². The third-order valence-electron chi connectivity index (χ3n) is 2.67. The molecule has 20 heavy (non-hydrogen) atoms. The number of rotatable bonds is 5. The van der Waals surface area contributed by atoms with Crippen molar-refractivity contribution >= 4 is 35.3 Å². The smallest absolute Gasteiger partial charge is 0.324 e. The minimum absolute atomic E-state index is 0.121. The second kappa shape index (κ2) is 6.95. The molecule has 1 fully saturated rings. The van der Waals surface area contributed by atoms with Crippen molar-refractivity contribution in [2.75, 3.05) is 29.9 Å². The highest BCUT2D eigenvalue weighted by atomic mass is 32.2. The van der Waals surface area contributed by atoms with Gasteiger partial charge in [-0.05, 0) is 12.1 Å². The van der Waals surface area contributed by atoms with Crippen molar-refractivity contribution in [2.45, 2.75) is 0 Å². The van der Waals surface area contributed by atoms with E-state index in [1.807, 2.05) is 18.2 Å². The van der Waals surface area contributed by atoms with E-state index in [1.165, 1.54) is 16.7 Å². The van der Waals surface area contributed by atoms with Gasteiger partial charge >= 0.3 is 6.03 Å². The molecule has 6 nitrogen and oxygen atoms in total. The summed E-state index contributed by atoms with van der Waals surface area (Å²) in [7, 11) is 0. The first-order valence-corrected chi connectivity index (χ1v) is 7.33. The number of imide groups is 1. The van der Waals surface area contributed by atoms with Crippen molar-refractivity contribution in [3.63, 3.8) is 0 Å². The molecule has 0 atom stereocenters. The quantitative estimate of drug-likeness (QED) is 0.846. The molecular weight excluding hydrogens is 278 g/mol. The Morgan fingerprint density at radius 2 is 2.00 bits per heavy atom. The van der Waals surface area contributed by atoms with Crippen LogP contribution in [0, 0.1) is 0 Å². The molecule has 0 radical (unpaired) electrons. The molecule has 0 aromatic heterocycles. The summed E-state index contributed by atoms with van der Waals surface area (Å²) >= 11 is 1.19. The SMILES string of the molecule is O=C(CSCC(=O)N1CCNC1=O)Nc1ccccc1. The fourth-order valence-corrected chi connectivity index (χ4v) is 2.43. The van der Waals surface area contributed by atoms with Crippen molar-refractivity contribution in [3.8, 4) is 0 Å². The Bertz CT molecular complexity index is 507. The highest BCUT2D eigenvalue weighted by molar-refractivity contribution is 8.00. The highest BCUT2D eigenvalue weighted by Crippen LogP contribution is 2.08. The maximum Gasteiger partial charge on any atom is 0.324 e. The zero-order chi connectivity index (χ0) is 14.4. The van der Waals surface area contributed by atoms with Crippen molar-refractivity contribution in [1.82, 2.24) is 10.2 Å². The predicted octanol–water partition coefficient (Wildman–Crippen LogP) is 0.910. The van der Waals surface area contributed by atoms with Crippen LogP contribution >= 0.6 is 11.8 Å². The van der Waals surface area contributed by atoms with Gasteiger partial charge in [0.05, 0.1) is 11.5 Å². The average molecular weight is 293 g/mol. The van der Waals surface area contributed by atoms with E-state index < -0.39 is 0 Å². The summed E-state index contributed by atoms with van der Waals surface area (Å²) in [4.78, 5) is 35.8. The van der Waals surface area contributed by atoms with Gasteiger partial charge in [-0.1, -0.05) is 18.2 Å². The van der Waals surface area contributed by atoms with Gasteiger partial charge in [0.2, 0.25) is 11.8 Å². The lowest BCUT2D eigenvalue weighted by Crippen LogP contribution is -2.35. The van der Waals surface area contributed by atoms with Gasteiger partial charge in [0.15, 0.2) is 0 Å². The van der Waals surface area contributed by atoms with Gasteiger partial charge in [-0.3, -0.25) is 14.5 Å². The summed E-state index contributed by atoms with van der Waals surface area (Å²) in [5, 5.41) is 5.29. The summed E-state index contributed by atoms with van der Waals surface area (Å²) in [6, 6.07) is 8.76. The van der Waals surface area contributed by atoms with Crippen LogP contribution in [0.3, 0.4) is 0 Å². The van der Waals surface area contributed by atoms with Gasteiger partial charge in [-0.15, -0.1) is 11.8 Å². The van der Waals surface area contributed by atoms with Gasteiger partial charge in [-0.25, -0.2) is 4.79 Å². The number of nitrogens with zero attached hydrogens (tertiary/aromatic N) is 1. The Morgan fingerprint density at radius 3 is 2.65 bits per heavy atom. The molecule has 2 rings (SSSR count). The van der Waals surface area contributed by atoms with E-state index in [9.17, 15) is 14.4 Å². The van der Waals surface area contributed by atoms with Crippen LogP contribution in [0.2, 0.25) is 0 Å². The van der Waals surface area contributed by atoms with Crippen molar-refractivity contribution in [2.24, 2.45) is 0 Å². The summed E-state index contributed by atoms with van der Waals surface area (Å²) < 4.78 is 0. The number of benzene rings is 1. The Morgan fingerprint density at radius 1 is 1.25 bits per heavy atom. The number of carbonyl (C=O) groups is 3. The molecule has 106 valence electrons. The molecular formula is C13H15N3O3S. The molecule has 1 aliphatic rings. The number of anilines is 1. The fraction of sp³-hybridized carbons (Fsp3) is 0.308. The summed E-state index contributed by atoms with van der Waals surface area (Å²) in [5.41, 5.74) is 0.725. The largest absolute Gasteiger partial charge is 0.336 e. The van der Waals surface area contributed by atoms with Crippen molar-refractivity contribution < 1.29 is 14.4 Å². The van der Waals surface area contributed by atoms with Crippen LogP contribution < -0.4 is 10.6 Å². The summed E-state index contributed by atoms with van der Waals surface area (Å²) in [6.07, 6.45) is 0. The molecule has 4 amide bonds. The van der Waals surface area contributed by atoms with Crippen LogP contribution in [-0.2, 0) is 9.59 Å². The number of carbonyl (C=O) groups excluding carboxylic acids is 3. The minimum Gasteiger partial charge on any atom is -0.336 e. The highest BCUT2D eigenvalue weighted by Gasteiger charge is 2.25. The van der Waals surface area contributed by atoms with Gasteiger partial charge in [0, 0.05) is 18.8 Å². The van der Waals surface area contributed by atoms with Gasteiger partial charge in [0.25, 0.3) is 0 Å². The molecule has 7 heteroatoms. The molecule has 1 heterocycles. The number of hydrogen-bond donors (Lipinski definition) is 2. The summed E-state index contributed by atoms with van der Waals surface area (Å²) in [5.74, 6) is -0.136. The van der Waals surface area contributed by atoms with E-state index in [2.05, 4.69) is 10.6 Å². The number of hydrogen-bond acceptors (Lipinski definition) is 4. The zero-order valence-electron chi connectivity index (χ0n) is 10.8. The molecule has 0 spiro atoms. The lowest BCUT2D eigenvalue weighted by molar-refractivity contribution is -0.124. The van der Waals surface area contributed by atoms with E-state index in [0.717, 1.165) is 5.69 Å². The molecule has 1 aromatic carbocycles. The predicted molar refractivity (Wildman–Crippen MR) is 77.5 cm³/mol. The first kappa shape index (κ1) is 14.4. The van der Waals surface area contributed by atoms with Crippen LogP contribution in [0.15, 0.2) is 30.3 Å². The number of nitrogens with one attached hydrogen (secondary N) is 2. The van der Waals surface area contributed by atoms with Crippen molar-refractivity contribution in [3.05, 3.63) is 30.3 Å². The lowest BCUT2D eigenvalue weighted by atomic mass is 10.3. The number of thioether (sulfide) groups is 1. The second-order valence-corrected chi connectivity index (χ2v) is 5.17. The van der Waals surface area contributed by atoms with Gasteiger partial charge in [-0.2, -0.15) is 0 Å². The maximum absolute atomic E-state index is 11.7. The normalized spacial score (nSPS) is 14.0. The molecule has 0 aliphatic carbocycles. The molecule has 0 bridgehead atoms. The van der Waals surface area contributed by atoms with E-state index in [4.69, 9.17) is 0 Å². The molecule has 1 aromatic rings. The summed E-state index contributed by atoms with van der Waals surface area (Å²) in [6.45, 7) is 0.887. The topological polar surface area (TPSA) is 78.5 Å². The van der Waals surface area contributed by atoms with Crippen LogP contribution in [0.5, 0.6) is 0 Å². The van der Waals surface area contributed by atoms with Crippen molar-refractivity contribution in [1.29, 1.82) is 0 Å². The first-order chi connectivity index (χ1) is 9.66. The maximum atomic E-state index is 11.7. The number of urea groups is 1. The van der Waals surface area contributed by atoms with Crippen LogP contribution in [0.1, 0.15) is 0 Å². The third-order valence-corrected chi connectivity index (χ3v) is 3.59. The first-order valence-electron chi connectivity index (χ1n) is 6.17. The van der Waals surface area contributed by atoms with Crippen LogP contribution in [0.25, 0.3) is 0 Å². The van der Waals surface area contributed by atoms with E-state index in [0.29, 0.717) is 13.1 Å². The Balaban J connectivity index is 1.69. The van der Waals surface area contributed by atoms with Gasteiger partial charge < -0.3 is 10.6 Å². The Labute approximate surface area is 120 Å². The lowest BCUT2D eigenvalue weighted by Gasteiger charge is -2.11. The molecule has 1 saturated heterocycles. The van der Waals surface area contributed by atoms with E-state index in [-0.39, 0.29) is 29.4 Å². The monoisotopic (exact) mass is 293 g/mol. The number of amides is 4. The van der Waals surface area contributed by atoms with E-state index in [1.54, 1.807) is 12.1 Å².